The molecule has 1 fully saturated rings. The van der Waals surface area contributed by atoms with Crippen molar-refractivity contribution in [1.82, 2.24) is 9.97 Å². The van der Waals surface area contributed by atoms with Gasteiger partial charge in [0, 0.05) is 42.4 Å². The van der Waals surface area contributed by atoms with Crippen molar-refractivity contribution in [3.63, 3.8) is 0 Å². The van der Waals surface area contributed by atoms with Gasteiger partial charge in [0.1, 0.15) is 11.6 Å². The van der Waals surface area contributed by atoms with E-state index in [9.17, 15) is 5.11 Å². The number of hydrogen-bond acceptors (Lipinski definition) is 7. The molecule has 0 amide bonds. The Bertz CT molecular complexity index is 946. The van der Waals surface area contributed by atoms with Crippen molar-refractivity contribution < 1.29 is 9.84 Å². The van der Waals surface area contributed by atoms with Gasteiger partial charge in [-0.3, -0.25) is 0 Å². The first-order valence-corrected chi connectivity index (χ1v) is 9.75. The molecular weight excluding hydrogens is 422 g/mol. The first kappa shape index (κ1) is 18.5. The molecule has 1 saturated heterocycles. The fraction of sp³-hybridized carbons (Fsp3) is 0.200. The molecule has 0 radical (unpaired) electrons. The van der Waals surface area contributed by atoms with E-state index in [0.717, 1.165) is 42.2 Å². The van der Waals surface area contributed by atoms with Crippen LogP contribution in [0.25, 0.3) is 0 Å². The Morgan fingerprint density at radius 2 is 1.79 bits per heavy atom. The van der Waals surface area contributed by atoms with Gasteiger partial charge in [0.2, 0.25) is 5.95 Å². The van der Waals surface area contributed by atoms with Gasteiger partial charge in [0.25, 0.3) is 0 Å². The second-order valence-corrected chi connectivity index (χ2v) is 7.19. The number of hydrogen-bond donors (Lipinski definition) is 3. The molecule has 2 heterocycles. The summed E-state index contributed by atoms with van der Waals surface area (Å²) >= 11 is 3.45. The quantitative estimate of drug-likeness (QED) is 0.545. The molecule has 0 spiro atoms. The fourth-order valence-corrected chi connectivity index (χ4v) is 3.23. The molecule has 144 valence electrons. The number of phenolic OH excluding ortho intramolecular Hbond substituents is 1. The van der Waals surface area contributed by atoms with E-state index in [-0.39, 0.29) is 5.75 Å². The molecule has 28 heavy (non-hydrogen) atoms. The van der Waals surface area contributed by atoms with Gasteiger partial charge < -0.3 is 25.4 Å². The van der Waals surface area contributed by atoms with Crippen LogP contribution >= 0.6 is 15.9 Å². The minimum absolute atomic E-state index is 0.189. The lowest BCUT2D eigenvalue weighted by Crippen LogP contribution is -2.36. The molecule has 0 saturated carbocycles. The summed E-state index contributed by atoms with van der Waals surface area (Å²) in [6.45, 7) is 3.35. The fourth-order valence-electron chi connectivity index (χ4n) is 2.94. The van der Waals surface area contributed by atoms with Crippen molar-refractivity contribution in [3.05, 3.63) is 59.2 Å². The minimum Gasteiger partial charge on any atom is -0.508 e. The van der Waals surface area contributed by atoms with Crippen LogP contribution in [0, 0.1) is 0 Å². The van der Waals surface area contributed by atoms with E-state index >= 15 is 0 Å². The number of rotatable bonds is 5. The molecule has 0 aliphatic carbocycles. The molecule has 8 heteroatoms. The van der Waals surface area contributed by atoms with E-state index in [2.05, 4.69) is 53.6 Å². The number of aromatic nitrogens is 2. The van der Waals surface area contributed by atoms with Gasteiger partial charge in [-0.2, -0.15) is 4.98 Å². The maximum atomic E-state index is 9.62. The Morgan fingerprint density at radius 3 is 2.54 bits per heavy atom. The molecule has 4 rings (SSSR count). The summed E-state index contributed by atoms with van der Waals surface area (Å²) in [5, 5.41) is 16.0. The summed E-state index contributed by atoms with van der Waals surface area (Å²) in [6, 6.07) is 15.1. The van der Waals surface area contributed by atoms with E-state index in [1.165, 1.54) is 5.69 Å². The maximum Gasteiger partial charge on any atom is 0.229 e. The lowest BCUT2D eigenvalue weighted by molar-refractivity contribution is 0.122. The largest absolute Gasteiger partial charge is 0.508 e. The SMILES string of the molecule is Oc1cccc(Nc2nc(Nc3ccc(N4CCOCC4)cc3)ncc2Br)c1. The summed E-state index contributed by atoms with van der Waals surface area (Å²) in [4.78, 5) is 11.1. The Labute approximate surface area is 171 Å². The van der Waals surface area contributed by atoms with Gasteiger partial charge in [-0.1, -0.05) is 6.07 Å². The third-order valence-electron chi connectivity index (χ3n) is 4.35. The zero-order chi connectivity index (χ0) is 19.3. The Kier molecular flexibility index (Phi) is 5.59. The van der Waals surface area contributed by atoms with E-state index in [0.29, 0.717) is 11.8 Å². The van der Waals surface area contributed by atoms with Gasteiger partial charge in [0.15, 0.2) is 0 Å². The maximum absolute atomic E-state index is 9.62. The van der Waals surface area contributed by atoms with Gasteiger partial charge >= 0.3 is 0 Å². The number of ether oxygens (including phenoxy) is 1. The van der Waals surface area contributed by atoms with Crippen LogP contribution in [0.2, 0.25) is 0 Å². The molecule has 1 aromatic heterocycles. The summed E-state index contributed by atoms with van der Waals surface area (Å²) < 4.78 is 6.13. The number of nitrogens with zero attached hydrogens (tertiary/aromatic N) is 3. The molecule has 2 aromatic carbocycles. The summed E-state index contributed by atoms with van der Waals surface area (Å²) in [5.41, 5.74) is 2.82. The summed E-state index contributed by atoms with van der Waals surface area (Å²) in [5.74, 6) is 1.27. The zero-order valence-corrected chi connectivity index (χ0v) is 16.7. The highest BCUT2D eigenvalue weighted by Gasteiger charge is 2.11. The van der Waals surface area contributed by atoms with Crippen molar-refractivity contribution >= 4 is 44.8 Å². The Balaban J connectivity index is 1.47. The van der Waals surface area contributed by atoms with Gasteiger partial charge in [0.05, 0.1) is 17.7 Å². The second kappa shape index (κ2) is 8.45. The molecule has 3 aromatic rings. The first-order chi connectivity index (χ1) is 13.7. The van der Waals surface area contributed by atoms with Gasteiger partial charge in [-0.25, -0.2) is 4.98 Å². The number of anilines is 5. The van der Waals surface area contributed by atoms with Crippen LogP contribution in [0.5, 0.6) is 5.75 Å². The monoisotopic (exact) mass is 441 g/mol. The predicted molar refractivity (Wildman–Crippen MR) is 114 cm³/mol. The zero-order valence-electron chi connectivity index (χ0n) is 15.1. The number of aromatic hydroxyl groups is 1. The van der Waals surface area contributed by atoms with Crippen LogP contribution in [0.1, 0.15) is 0 Å². The molecule has 3 N–H and O–H groups in total. The topological polar surface area (TPSA) is 82.5 Å². The highest BCUT2D eigenvalue weighted by Crippen LogP contribution is 2.27. The number of benzene rings is 2. The highest BCUT2D eigenvalue weighted by atomic mass is 79.9. The number of nitrogens with one attached hydrogen (secondary N) is 2. The second-order valence-electron chi connectivity index (χ2n) is 6.34. The number of phenols is 1. The first-order valence-electron chi connectivity index (χ1n) is 8.96. The van der Waals surface area contributed by atoms with E-state index in [1.807, 2.05) is 18.2 Å². The van der Waals surface area contributed by atoms with Crippen LogP contribution in [-0.2, 0) is 4.74 Å². The third kappa shape index (κ3) is 4.52. The Morgan fingerprint density at radius 1 is 1.00 bits per heavy atom. The third-order valence-corrected chi connectivity index (χ3v) is 4.93. The predicted octanol–water partition coefficient (Wildman–Crippen LogP) is 4.27. The van der Waals surface area contributed by atoms with E-state index < -0.39 is 0 Å². The van der Waals surface area contributed by atoms with E-state index in [1.54, 1.807) is 24.4 Å². The molecule has 1 aliphatic heterocycles. The number of morpholine rings is 1. The van der Waals surface area contributed by atoms with E-state index in [4.69, 9.17) is 4.74 Å². The number of halogens is 1. The van der Waals surface area contributed by atoms with Crippen molar-refractivity contribution in [2.75, 3.05) is 41.8 Å². The van der Waals surface area contributed by atoms with Crippen LogP contribution in [0.15, 0.2) is 59.2 Å². The van der Waals surface area contributed by atoms with Crippen molar-refractivity contribution in [3.8, 4) is 5.75 Å². The minimum atomic E-state index is 0.189. The molecule has 0 bridgehead atoms. The summed E-state index contributed by atoms with van der Waals surface area (Å²) in [7, 11) is 0. The molecule has 0 atom stereocenters. The van der Waals surface area contributed by atoms with Crippen molar-refractivity contribution in [1.29, 1.82) is 0 Å². The normalized spacial score (nSPS) is 14.0. The van der Waals surface area contributed by atoms with Crippen molar-refractivity contribution in [2.45, 2.75) is 0 Å². The molecule has 1 aliphatic rings. The lowest BCUT2D eigenvalue weighted by atomic mass is 10.2. The molecule has 7 nitrogen and oxygen atoms in total. The van der Waals surface area contributed by atoms with Gasteiger partial charge in [-0.05, 0) is 52.3 Å². The lowest BCUT2D eigenvalue weighted by Gasteiger charge is -2.28. The molecule has 0 unspecified atom stereocenters. The highest BCUT2D eigenvalue weighted by molar-refractivity contribution is 9.10. The van der Waals surface area contributed by atoms with Crippen LogP contribution < -0.4 is 15.5 Å². The van der Waals surface area contributed by atoms with Crippen molar-refractivity contribution in [2.24, 2.45) is 0 Å². The average molecular weight is 442 g/mol. The Hall–Kier alpha value is -2.84. The van der Waals surface area contributed by atoms with Crippen LogP contribution in [-0.4, -0.2) is 41.4 Å². The standard InChI is InChI=1S/C20H20BrN5O2/c21-18-13-22-20(25-19(18)23-15-2-1-3-17(27)12-15)24-14-4-6-16(7-5-14)26-8-10-28-11-9-26/h1-7,12-13,27H,8-11H2,(H2,22,23,24,25). The van der Waals surface area contributed by atoms with Gasteiger partial charge in [-0.15, -0.1) is 0 Å². The van der Waals surface area contributed by atoms with Crippen LogP contribution in [0.4, 0.5) is 28.8 Å². The van der Waals surface area contributed by atoms with Crippen LogP contribution in [0.3, 0.4) is 0 Å². The molecular formula is C20H20BrN5O2. The summed E-state index contributed by atoms with van der Waals surface area (Å²) in [6.07, 6.45) is 1.68. The average Bonchev–Trinajstić information content (AvgIpc) is 2.72. The smallest absolute Gasteiger partial charge is 0.229 e.